The van der Waals surface area contributed by atoms with Crippen molar-refractivity contribution in [2.75, 3.05) is 23.3 Å². The Morgan fingerprint density at radius 3 is 2.42 bits per heavy atom. The Morgan fingerprint density at radius 1 is 1.00 bits per heavy atom. The number of likely N-dealkylation sites (tertiary alicyclic amines) is 1. The third-order valence-corrected chi connectivity index (χ3v) is 6.80. The van der Waals surface area contributed by atoms with Gasteiger partial charge in [-0.1, -0.05) is 23.5 Å². The average molecular weight is 435 g/mol. The van der Waals surface area contributed by atoms with Crippen LogP contribution < -0.4 is 10.2 Å². The van der Waals surface area contributed by atoms with Gasteiger partial charge in [-0.2, -0.15) is 0 Å². The van der Waals surface area contributed by atoms with Crippen LogP contribution in [0, 0.1) is 0 Å². The molecule has 0 bridgehead atoms. The largest absolute Gasteiger partial charge is 0.348 e. The fourth-order valence-corrected chi connectivity index (χ4v) is 5.04. The highest BCUT2D eigenvalue weighted by molar-refractivity contribution is 7.22. The quantitative estimate of drug-likeness (QED) is 0.618. The lowest BCUT2D eigenvalue weighted by Crippen LogP contribution is -2.28. The van der Waals surface area contributed by atoms with Crippen molar-refractivity contribution in [2.45, 2.75) is 32.2 Å². The van der Waals surface area contributed by atoms with Gasteiger partial charge >= 0.3 is 0 Å². The van der Waals surface area contributed by atoms with E-state index in [4.69, 9.17) is 4.98 Å². The smallest absolute Gasteiger partial charge is 0.255 e. The summed E-state index contributed by atoms with van der Waals surface area (Å²) in [7, 11) is 0. The van der Waals surface area contributed by atoms with E-state index in [2.05, 4.69) is 10.2 Å². The third-order valence-electron chi connectivity index (χ3n) is 5.72. The average Bonchev–Trinajstić information content (AvgIpc) is 3.51. The Kier molecular flexibility index (Phi) is 5.15. The molecule has 2 aliphatic heterocycles. The Morgan fingerprint density at radius 2 is 1.71 bits per heavy atom. The first-order valence-corrected chi connectivity index (χ1v) is 11.3. The van der Waals surface area contributed by atoms with Crippen molar-refractivity contribution in [2.24, 2.45) is 0 Å². The molecule has 2 fully saturated rings. The Balaban J connectivity index is 1.26. The highest BCUT2D eigenvalue weighted by Crippen LogP contribution is 2.32. The normalized spacial score (nSPS) is 16.5. The number of carbonyl (C=O) groups excluding carboxylic acids is 3. The van der Waals surface area contributed by atoms with Crippen LogP contribution in [0.4, 0.5) is 10.8 Å². The molecule has 0 saturated carbocycles. The molecule has 1 N–H and O–H groups in total. The summed E-state index contributed by atoms with van der Waals surface area (Å²) in [6, 6.07) is 12.8. The molecular weight excluding hydrogens is 412 g/mol. The number of aromatic nitrogens is 1. The molecule has 0 atom stereocenters. The van der Waals surface area contributed by atoms with Crippen LogP contribution in [0.2, 0.25) is 0 Å². The fourth-order valence-electron chi connectivity index (χ4n) is 3.98. The molecule has 2 aliphatic rings. The SMILES string of the molecule is O=C(Nc1ccc2nc(N3CCCC3)sc2c1)c1ccc(CN2C(=O)CCC2=O)cc1. The standard InChI is InChI=1S/C23H22N4O3S/c28-20-9-10-21(29)27(20)14-15-3-5-16(6-4-15)22(30)24-17-7-8-18-19(13-17)31-23(25-18)26-11-1-2-12-26/h3-8,13H,1-2,9-12,14H2,(H,24,30). The van der Waals surface area contributed by atoms with Crippen molar-refractivity contribution in [3.8, 4) is 0 Å². The van der Waals surface area contributed by atoms with Crippen molar-refractivity contribution >= 4 is 50.1 Å². The van der Waals surface area contributed by atoms with Crippen LogP contribution >= 0.6 is 11.3 Å². The van der Waals surface area contributed by atoms with E-state index in [0.29, 0.717) is 5.56 Å². The summed E-state index contributed by atoms with van der Waals surface area (Å²) < 4.78 is 1.05. The van der Waals surface area contributed by atoms with Crippen LogP contribution in [0.5, 0.6) is 0 Å². The molecule has 31 heavy (non-hydrogen) atoms. The lowest BCUT2D eigenvalue weighted by atomic mass is 10.1. The molecule has 7 nitrogen and oxygen atoms in total. The van der Waals surface area contributed by atoms with E-state index in [0.717, 1.165) is 39.7 Å². The molecular formula is C23H22N4O3S. The van der Waals surface area contributed by atoms with Crippen LogP contribution in [0.25, 0.3) is 10.2 Å². The molecule has 158 valence electrons. The predicted octanol–water partition coefficient (Wildman–Crippen LogP) is 3.80. The van der Waals surface area contributed by atoms with Gasteiger partial charge in [-0.05, 0) is 48.7 Å². The Bertz CT molecular complexity index is 1150. The van der Waals surface area contributed by atoms with E-state index < -0.39 is 0 Å². The number of hydrogen-bond acceptors (Lipinski definition) is 6. The Hall–Kier alpha value is -3.26. The van der Waals surface area contributed by atoms with Crippen LogP contribution in [-0.4, -0.2) is 40.7 Å². The lowest BCUT2D eigenvalue weighted by Gasteiger charge is -2.14. The van der Waals surface area contributed by atoms with Crippen molar-refractivity contribution in [1.82, 2.24) is 9.88 Å². The summed E-state index contributed by atoms with van der Waals surface area (Å²) in [6.45, 7) is 2.36. The number of amides is 3. The first kappa shape index (κ1) is 19.7. The summed E-state index contributed by atoms with van der Waals surface area (Å²) in [5, 5.41) is 3.99. The number of rotatable bonds is 5. The molecule has 3 heterocycles. The molecule has 8 heteroatoms. The molecule has 2 saturated heterocycles. The van der Waals surface area contributed by atoms with Gasteiger partial charge in [-0.3, -0.25) is 19.3 Å². The lowest BCUT2D eigenvalue weighted by molar-refractivity contribution is -0.139. The monoisotopic (exact) mass is 434 g/mol. The predicted molar refractivity (Wildman–Crippen MR) is 120 cm³/mol. The zero-order chi connectivity index (χ0) is 21.4. The minimum atomic E-state index is -0.205. The van der Waals surface area contributed by atoms with Gasteiger partial charge in [0.15, 0.2) is 5.13 Å². The number of anilines is 2. The number of thiazole rings is 1. The number of fused-ring (bicyclic) bond motifs is 1. The Labute approximate surface area is 183 Å². The number of nitrogens with zero attached hydrogens (tertiary/aromatic N) is 3. The second-order valence-electron chi connectivity index (χ2n) is 7.90. The fraction of sp³-hybridized carbons (Fsp3) is 0.304. The van der Waals surface area contributed by atoms with Gasteiger partial charge in [-0.25, -0.2) is 4.98 Å². The second-order valence-corrected chi connectivity index (χ2v) is 8.91. The zero-order valence-electron chi connectivity index (χ0n) is 17.0. The van der Waals surface area contributed by atoms with Gasteiger partial charge < -0.3 is 10.2 Å². The summed E-state index contributed by atoms with van der Waals surface area (Å²) >= 11 is 1.65. The molecule has 3 aromatic rings. The molecule has 0 aliphatic carbocycles. The van der Waals surface area contributed by atoms with Crippen LogP contribution in [0.1, 0.15) is 41.6 Å². The van der Waals surface area contributed by atoms with E-state index in [9.17, 15) is 14.4 Å². The number of hydrogen-bond donors (Lipinski definition) is 1. The maximum Gasteiger partial charge on any atom is 0.255 e. The number of carbonyl (C=O) groups is 3. The number of imide groups is 1. The van der Waals surface area contributed by atoms with Gasteiger partial charge in [0.2, 0.25) is 11.8 Å². The van der Waals surface area contributed by atoms with Gasteiger partial charge in [0, 0.05) is 37.2 Å². The molecule has 3 amide bonds. The van der Waals surface area contributed by atoms with Crippen LogP contribution in [0.3, 0.4) is 0 Å². The number of benzene rings is 2. The number of nitrogens with one attached hydrogen (secondary N) is 1. The van der Waals surface area contributed by atoms with Gasteiger partial charge in [0.25, 0.3) is 5.91 Å². The minimum absolute atomic E-state index is 0.141. The molecule has 0 spiro atoms. The molecule has 0 unspecified atom stereocenters. The first-order valence-electron chi connectivity index (χ1n) is 10.5. The highest BCUT2D eigenvalue weighted by atomic mass is 32.1. The van der Waals surface area contributed by atoms with Crippen LogP contribution in [-0.2, 0) is 16.1 Å². The summed E-state index contributed by atoms with van der Waals surface area (Å²) in [5.41, 5.74) is 3.01. The maximum absolute atomic E-state index is 12.7. The van der Waals surface area contributed by atoms with E-state index in [1.807, 2.05) is 18.2 Å². The van der Waals surface area contributed by atoms with E-state index in [-0.39, 0.29) is 37.1 Å². The van der Waals surface area contributed by atoms with Crippen molar-refractivity contribution in [1.29, 1.82) is 0 Å². The summed E-state index contributed by atoms with van der Waals surface area (Å²) in [4.78, 5) is 44.5. The van der Waals surface area contributed by atoms with E-state index >= 15 is 0 Å². The van der Waals surface area contributed by atoms with Crippen molar-refractivity contribution in [3.63, 3.8) is 0 Å². The third kappa shape index (κ3) is 4.03. The summed E-state index contributed by atoms with van der Waals surface area (Å²) in [5.74, 6) is -0.486. The first-order chi connectivity index (χ1) is 15.1. The summed E-state index contributed by atoms with van der Waals surface area (Å²) in [6.07, 6.45) is 2.98. The molecule has 5 rings (SSSR count). The molecule has 0 radical (unpaired) electrons. The van der Waals surface area contributed by atoms with Crippen LogP contribution in [0.15, 0.2) is 42.5 Å². The van der Waals surface area contributed by atoms with Crippen molar-refractivity contribution < 1.29 is 14.4 Å². The maximum atomic E-state index is 12.7. The zero-order valence-corrected chi connectivity index (χ0v) is 17.8. The van der Waals surface area contributed by atoms with Gasteiger partial charge in [-0.15, -0.1) is 0 Å². The minimum Gasteiger partial charge on any atom is -0.348 e. The molecule has 2 aromatic carbocycles. The van der Waals surface area contributed by atoms with E-state index in [1.54, 1.807) is 35.6 Å². The topological polar surface area (TPSA) is 82.6 Å². The second kappa shape index (κ2) is 8.11. The van der Waals surface area contributed by atoms with E-state index in [1.165, 1.54) is 17.7 Å². The molecule has 1 aromatic heterocycles. The van der Waals surface area contributed by atoms with Crippen molar-refractivity contribution in [3.05, 3.63) is 53.6 Å². The highest BCUT2D eigenvalue weighted by Gasteiger charge is 2.28. The van der Waals surface area contributed by atoms with Gasteiger partial charge in [0.05, 0.1) is 16.8 Å². The van der Waals surface area contributed by atoms with Gasteiger partial charge in [0.1, 0.15) is 0 Å².